The third-order valence-corrected chi connectivity index (χ3v) is 7.17. The molecule has 4 aromatic carbocycles. The molecule has 0 atom stereocenters. The van der Waals surface area contributed by atoms with E-state index in [9.17, 15) is 0 Å². The number of thiocarbonyl (C=S) groups is 1. The van der Waals surface area contributed by atoms with Crippen LogP contribution in [0.1, 0.15) is 33.4 Å². The van der Waals surface area contributed by atoms with Gasteiger partial charge in [-0.3, -0.25) is 0 Å². The molecule has 13 heteroatoms. The Bertz CT molecular complexity index is 1750. The first-order valence-corrected chi connectivity index (χ1v) is 15.9. The quantitative estimate of drug-likeness (QED) is 0.0670. The van der Waals surface area contributed by atoms with Crippen LogP contribution >= 0.6 is 12.2 Å². The summed E-state index contributed by atoms with van der Waals surface area (Å²) >= 11 is 5.21. The van der Waals surface area contributed by atoms with E-state index in [2.05, 4.69) is 26.2 Å². The molecule has 0 radical (unpaired) electrons. The number of benzene rings is 4. The van der Waals surface area contributed by atoms with Crippen molar-refractivity contribution in [1.29, 1.82) is 0 Å². The summed E-state index contributed by atoms with van der Waals surface area (Å²) in [5.74, 6) is 6.25. The minimum Gasteiger partial charge on any atom is -0.489 e. The number of nitrogens with zero attached hydrogens (tertiary/aromatic N) is 3. The maximum absolute atomic E-state index is 5.96. The SMILES string of the molecule is CO/N=C(\C(=S)OC)c1ccccc1COc1ccccc1C.CON.CON=C(OC)/C(=N\OC)c1ccccc1COc1ccccc1C. The summed E-state index contributed by atoms with van der Waals surface area (Å²) in [4.78, 5) is 18.4. The van der Waals surface area contributed by atoms with Gasteiger partial charge in [0.25, 0.3) is 5.90 Å². The van der Waals surface area contributed by atoms with Crippen molar-refractivity contribution in [1.82, 2.24) is 0 Å². The topological polar surface area (TPSA) is 137 Å². The highest BCUT2D eigenvalue weighted by atomic mass is 32.1. The lowest BCUT2D eigenvalue weighted by Gasteiger charge is -2.14. The van der Waals surface area contributed by atoms with Crippen LogP contribution in [0.25, 0.3) is 0 Å². The smallest absolute Gasteiger partial charge is 0.280 e. The maximum atomic E-state index is 5.96. The zero-order valence-corrected chi connectivity index (χ0v) is 31.1. The first-order chi connectivity index (χ1) is 24.8. The number of hydrogen-bond acceptors (Lipinski definition) is 13. The van der Waals surface area contributed by atoms with Gasteiger partial charge in [0.15, 0.2) is 11.4 Å². The summed E-state index contributed by atoms with van der Waals surface area (Å²) in [6, 6.07) is 31.2. The predicted octanol–water partition coefficient (Wildman–Crippen LogP) is 6.94. The number of oxime groups is 3. The van der Waals surface area contributed by atoms with Crippen LogP contribution in [0.5, 0.6) is 11.5 Å². The Balaban J connectivity index is 0.000000329. The number of para-hydroxylation sites is 2. The summed E-state index contributed by atoms with van der Waals surface area (Å²) in [7, 11) is 8.79. The minimum atomic E-state index is 0.215. The minimum absolute atomic E-state index is 0.215. The molecule has 0 aliphatic carbocycles. The Labute approximate surface area is 305 Å². The molecule has 0 saturated heterocycles. The molecule has 4 aromatic rings. The van der Waals surface area contributed by atoms with Crippen molar-refractivity contribution in [2.75, 3.05) is 42.7 Å². The van der Waals surface area contributed by atoms with E-state index in [1.165, 1.54) is 42.7 Å². The van der Waals surface area contributed by atoms with Crippen molar-refractivity contribution >= 4 is 34.6 Å². The van der Waals surface area contributed by atoms with Gasteiger partial charge < -0.3 is 38.3 Å². The van der Waals surface area contributed by atoms with Gasteiger partial charge in [0.1, 0.15) is 46.0 Å². The van der Waals surface area contributed by atoms with Gasteiger partial charge in [0.2, 0.25) is 5.05 Å². The van der Waals surface area contributed by atoms with Crippen LogP contribution in [0.3, 0.4) is 0 Å². The highest BCUT2D eigenvalue weighted by molar-refractivity contribution is 7.81. The molecule has 0 bridgehead atoms. The van der Waals surface area contributed by atoms with Crippen LogP contribution in [0.15, 0.2) is 113 Å². The van der Waals surface area contributed by atoms with Crippen molar-refractivity contribution in [2.24, 2.45) is 21.4 Å². The molecule has 0 saturated carbocycles. The van der Waals surface area contributed by atoms with E-state index in [0.29, 0.717) is 24.6 Å². The largest absolute Gasteiger partial charge is 0.489 e. The zero-order valence-electron chi connectivity index (χ0n) is 30.2. The molecular weight excluding hydrogens is 673 g/mol. The standard InChI is InChI=1S/C19H22N2O4.C18H19NO3S.CH5NO/c1-14-9-5-8-12-17(14)25-13-15-10-6-7-11-16(15)18(20-23-3)19(22-2)21-24-4;1-13-8-4-7-11-16(13)22-12-14-9-5-6-10-15(14)17(19-21-3)18(23)20-2;1-3-2/h5-12H,13H2,1-4H3;4-11H,12H2,1-3H3;2H2,1H3/b20-18-,21-19?;19-17-;. The van der Waals surface area contributed by atoms with E-state index in [1.54, 1.807) is 0 Å². The monoisotopic (exact) mass is 718 g/mol. The van der Waals surface area contributed by atoms with E-state index < -0.39 is 0 Å². The number of rotatable bonds is 13. The van der Waals surface area contributed by atoms with Crippen LogP contribution in [0, 0.1) is 13.8 Å². The third kappa shape index (κ3) is 13.4. The normalized spacial score (nSPS) is 11.1. The molecule has 272 valence electrons. The third-order valence-electron chi connectivity index (χ3n) is 6.81. The Morgan fingerprint density at radius 1 is 0.549 bits per heavy atom. The molecule has 0 aliphatic heterocycles. The fraction of sp³-hybridized carbons (Fsp3) is 0.263. The van der Waals surface area contributed by atoms with Crippen LogP contribution in [0.4, 0.5) is 0 Å². The van der Waals surface area contributed by atoms with Gasteiger partial charge in [-0.25, -0.2) is 5.90 Å². The fourth-order valence-electron chi connectivity index (χ4n) is 4.44. The molecule has 0 heterocycles. The van der Waals surface area contributed by atoms with Crippen LogP contribution in [0.2, 0.25) is 0 Å². The van der Waals surface area contributed by atoms with E-state index in [4.69, 9.17) is 45.7 Å². The molecule has 0 unspecified atom stereocenters. The maximum Gasteiger partial charge on any atom is 0.280 e. The summed E-state index contributed by atoms with van der Waals surface area (Å²) in [5, 5.41) is 12.2. The van der Waals surface area contributed by atoms with E-state index in [1.807, 2.05) is 111 Å². The first kappa shape index (κ1) is 41.7. The molecule has 4 rings (SSSR count). The van der Waals surface area contributed by atoms with Gasteiger partial charge in [-0.05, 0) is 65.6 Å². The number of methoxy groups -OCH3 is 2. The van der Waals surface area contributed by atoms with Gasteiger partial charge in [0, 0.05) is 11.1 Å². The molecule has 12 nitrogen and oxygen atoms in total. The summed E-state index contributed by atoms with van der Waals surface area (Å²) in [5.41, 5.74) is 6.55. The van der Waals surface area contributed by atoms with Crippen molar-refractivity contribution in [2.45, 2.75) is 27.1 Å². The Morgan fingerprint density at radius 3 is 1.35 bits per heavy atom. The summed E-state index contributed by atoms with van der Waals surface area (Å²) < 4.78 is 22.3. The van der Waals surface area contributed by atoms with Crippen LogP contribution in [-0.4, -0.2) is 65.0 Å². The second-order valence-electron chi connectivity index (χ2n) is 10.2. The van der Waals surface area contributed by atoms with Gasteiger partial charge >= 0.3 is 0 Å². The van der Waals surface area contributed by atoms with Gasteiger partial charge in [0.05, 0.1) is 21.3 Å². The molecule has 0 aromatic heterocycles. The second kappa shape index (κ2) is 23.8. The zero-order chi connectivity index (χ0) is 37.4. The molecule has 0 spiro atoms. The van der Waals surface area contributed by atoms with E-state index >= 15 is 0 Å². The molecule has 0 aliphatic rings. The fourth-order valence-corrected chi connectivity index (χ4v) is 4.59. The van der Waals surface area contributed by atoms with Crippen molar-refractivity contribution < 1.29 is 38.3 Å². The average molecular weight is 719 g/mol. The molecular formula is C38H46N4O8S. The van der Waals surface area contributed by atoms with E-state index in [-0.39, 0.29) is 10.9 Å². The lowest BCUT2D eigenvalue weighted by molar-refractivity contribution is 0.198. The van der Waals surface area contributed by atoms with Crippen molar-refractivity contribution in [3.63, 3.8) is 0 Å². The Hall–Kier alpha value is -5.50. The first-order valence-electron chi connectivity index (χ1n) is 15.5. The lowest BCUT2D eigenvalue weighted by atomic mass is 10.0. The van der Waals surface area contributed by atoms with Crippen LogP contribution in [-0.2, 0) is 42.0 Å². The average Bonchev–Trinajstić information content (AvgIpc) is 3.15. The lowest BCUT2D eigenvalue weighted by Crippen LogP contribution is -2.20. The number of hydrogen-bond donors (Lipinski definition) is 1. The number of nitrogens with two attached hydrogens (primary N) is 1. The second-order valence-corrected chi connectivity index (χ2v) is 10.5. The van der Waals surface area contributed by atoms with Crippen LogP contribution < -0.4 is 15.4 Å². The van der Waals surface area contributed by atoms with Crippen molar-refractivity contribution in [3.05, 3.63) is 130 Å². The van der Waals surface area contributed by atoms with Gasteiger partial charge in [-0.2, -0.15) is 0 Å². The number of aryl methyl sites for hydroxylation is 2. The summed E-state index contributed by atoms with van der Waals surface area (Å²) in [6.45, 7) is 4.79. The predicted molar refractivity (Wildman–Crippen MR) is 203 cm³/mol. The molecule has 2 N–H and O–H groups in total. The molecule has 51 heavy (non-hydrogen) atoms. The molecule has 0 fully saturated rings. The number of ether oxygens (including phenoxy) is 4. The highest BCUT2D eigenvalue weighted by Crippen LogP contribution is 2.21. The van der Waals surface area contributed by atoms with Gasteiger partial charge in [-0.15, -0.1) is 0 Å². The van der Waals surface area contributed by atoms with Gasteiger partial charge in [-0.1, -0.05) is 95.2 Å². The highest BCUT2D eigenvalue weighted by Gasteiger charge is 2.19. The van der Waals surface area contributed by atoms with Crippen molar-refractivity contribution in [3.8, 4) is 11.5 Å². The Kier molecular flexibility index (Phi) is 19.4. The molecule has 0 amide bonds. The summed E-state index contributed by atoms with van der Waals surface area (Å²) in [6.07, 6.45) is 0. The van der Waals surface area contributed by atoms with E-state index in [0.717, 1.165) is 44.9 Å². The Morgan fingerprint density at radius 2 is 0.941 bits per heavy atom.